The second kappa shape index (κ2) is 25.3. The van der Waals surface area contributed by atoms with E-state index < -0.39 is 17.9 Å². The molecule has 7 nitrogen and oxygen atoms in total. The average Bonchev–Trinajstić information content (AvgIpc) is 2.55. The van der Waals surface area contributed by atoms with Gasteiger partial charge in [-0.2, -0.15) is 11.8 Å². The predicted octanol–water partition coefficient (Wildman–Crippen LogP) is 4.39. The van der Waals surface area contributed by atoms with Crippen molar-refractivity contribution in [2.24, 2.45) is 0 Å². The van der Waals surface area contributed by atoms with Gasteiger partial charge in [-0.1, -0.05) is 45.8 Å². The molecule has 0 aromatic rings. The average molecular weight is 393 g/mol. The molecule has 0 bridgehead atoms. The number of carboxylic acid groups (broad SMARTS) is 3. The summed E-state index contributed by atoms with van der Waals surface area (Å²) in [5, 5.41) is 24.7. The molecular formula is C18H32O7S. The Morgan fingerprint density at radius 3 is 1.54 bits per heavy atom. The number of ether oxygens (including phenoxy) is 1. The van der Waals surface area contributed by atoms with Crippen molar-refractivity contribution in [2.75, 3.05) is 11.5 Å². The zero-order chi connectivity index (χ0) is 20.6. The summed E-state index contributed by atoms with van der Waals surface area (Å²) < 4.78 is 4.36. The summed E-state index contributed by atoms with van der Waals surface area (Å²) in [6.07, 6.45) is 8.71. The van der Waals surface area contributed by atoms with Gasteiger partial charge in [0, 0.05) is 17.9 Å². The van der Waals surface area contributed by atoms with Gasteiger partial charge in [0.2, 0.25) is 0 Å². The van der Waals surface area contributed by atoms with Gasteiger partial charge in [0.05, 0.1) is 25.4 Å². The van der Waals surface area contributed by atoms with Crippen molar-refractivity contribution in [1.29, 1.82) is 0 Å². The first-order chi connectivity index (χ1) is 12.3. The lowest BCUT2D eigenvalue weighted by atomic mass is 10.1. The van der Waals surface area contributed by atoms with Crippen LogP contribution in [0.25, 0.3) is 0 Å². The number of hydrogen-bond acceptors (Lipinski definition) is 5. The number of carbonyl (C=O) groups is 3. The van der Waals surface area contributed by atoms with E-state index in [4.69, 9.17) is 15.3 Å². The fourth-order valence-corrected chi connectivity index (χ4v) is 2.21. The number of carboxylic acids is 3. The maximum Gasteiger partial charge on any atom is 0.304 e. The van der Waals surface area contributed by atoms with E-state index in [2.05, 4.69) is 24.8 Å². The van der Waals surface area contributed by atoms with Crippen molar-refractivity contribution in [3.63, 3.8) is 0 Å². The number of thioether (sulfide) groups is 1. The Hall–Kier alpha value is -1.96. The van der Waals surface area contributed by atoms with E-state index in [-0.39, 0.29) is 12.8 Å². The molecule has 0 atom stereocenters. The van der Waals surface area contributed by atoms with Gasteiger partial charge in [-0.15, -0.1) is 0 Å². The monoisotopic (exact) mass is 392 g/mol. The number of unbranched alkanes of at least 4 members (excludes halogenated alkanes) is 4. The summed E-state index contributed by atoms with van der Waals surface area (Å²) in [4.78, 5) is 30.0. The third kappa shape index (κ3) is 43.1. The molecule has 0 radical (unpaired) electrons. The number of hydrogen-bond donors (Lipinski definition) is 3. The Morgan fingerprint density at radius 2 is 1.23 bits per heavy atom. The molecule has 0 spiro atoms. The normalized spacial score (nSPS) is 8.81. The lowest BCUT2D eigenvalue weighted by molar-refractivity contribution is -0.138. The molecule has 0 fully saturated rings. The molecule has 3 N–H and O–H groups in total. The van der Waals surface area contributed by atoms with E-state index >= 15 is 0 Å². The minimum atomic E-state index is -0.840. The van der Waals surface area contributed by atoms with E-state index in [0.29, 0.717) is 17.9 Å². The van der Waals surface area contributed by atoms with Crippen LogP contribution < -0.4 is 0 Å². The minimum Gasteiger partial charge on any atom is -0.481 e. The summed E-state index contributed by atoms with van der Waals surface area (Å²) in [5.74, 6) is -1.37. The number of aliphatic carboxylic acids is 3. The second-order valence-electron chi connectivity index (χ2n) is 4.93. The largest absolute Gasteiger partial charge is 0.481 e. The predicted molar refractivity (Wildman–Crippen MR) is 104 cm³/mol. The highest BCUT2D eigenvalue weighted by Gasteiger charge is 1.99. The summed E-state index contributed by atoms with van der Waals surface area (Å²) in [7, 11) is 0. The quantitative estimate of drug-likeness (QED) is 0.294. The van der Waals surface area contributed by atoms with Gasteiger partial charge in [-0.3, -0.25) is 14.4 Å². The highest BCUT2D eigenvalue weighted by atomic mass is 32.2. The van der Waals surface area contributed by atoms with Crippen LogP contribution in [0.15, 0.2) is 25.7 Å². The first-order valence-corrected chi connectivity index (χ1v) is 9.57. The van der Waals surface area contributed by atoms with Crippen molar-refractivity contribution >= 4 is 29.7 Å². The topological polar surface area (TPSA) is 121 Å². The molecule has 152 valence electrons. The molecule has 8 heteroatoms. The van der Waals surface area contributed by atoms with Crippen LogP contribution in [0.4, 0.5) is 0 Å². The lowest BCUT2D eigenvalue weighted by Crippen LogP contribution is -1.99. The van der Waals surface area contributed by atoms with Crippen molar-refractivity contribution in [1.82, 2.24) is 0 Å². The van der Waals surface area contributed by atoms with E-state index in [1.807, 2.05) is 0 Å². The zero-order valence-electron chi connectivity index (χ0n) is 15.5. The third-order valence-electron chi connectivity index (χ3n) is 2.61. The molecule has 0 aliphatic carbocycles. The van der Waals surface area contributed by atoms with E-state index in [1.54, 1.807) is 0 Å². The smallest absolute Gasteiger partial charge is 0.304 e. The number of rotatable bonds is 14. The SMILES string of the molecule is C=COC=C.CCCCCCCC(=O)O.O=C(O)CCSCCC(=O)O. The molecule has 0 unspecified atom stereocenters. The minimum absolute atomic E-state index is 0.101. The van der Waals surface area contributed by atoms with Crippen molar-refractivity contribution in [3.05, 3.63) is 25.7 Å². The van der Waals surface area contributed by atoms with Crippen LogP contribution in [0.5, 0.6) is 0 Å². The Labute approximate surface area is 160 Å². The highest BCUT2D eigenvalue weighted by Crippen LogP contribution is 2.04. The summed E-state index contributed by atoms with van der Waals surface area (Å²) >= 11 is 1.35. The summed E-state index contributed by atoms with van der Waals surface area (Å²) in [6, 6.07) is 0. The molecule has 0 aromatic carbocycles. The van der Waals surface area contributed by atoms with Crippen LogP contribution in [-0.2, 0) is 19.1 Å². The molecule has 0 aliphatic rings. The van der Waals surface area contributed by atoms with Gasteiger partial charge in [0.25, 0.3) is 0 Å². The molecule has 0 heterocycles. The lowest BCUT2D eigenvalue weighted by Gasteiger charge is -1.95. The van der Waals surface area contributed by atoms with Crippen LogP contribution in [0, 0.1) is 0 Å². The Morgan fingerprint density at radius 1 is 0.808 bits per heavy atom. The first-order valence-electron chi connectivity index (χ1n) is 8.42. The van der Waals surface area contributed by atoms with Crippen molar-refractivity contribution in [3.8, 4) is 0 Å². The van der Waals surface area contributed by atoms with Crippen LogP contribution in [-0.4, -0.2) is 44.7 Å². The van der Waals surface area contributed by atoms with Gasteiger partial charge in [0.15, 0.2) is 0 Å². The van der Waals surface area contributed by atoms with Crippen LogP contribution in [0.3, 0.4) is 0 Å². The molecule has 0 saturated carbocycles. The standard InChI is InChI=1S/C8H16O2.C6H10O4S.C4H6O/c1-2-3-4-5-6-7-8(9)10;7-5(8)1-3-11-4-2-6(9)10;1-3-5-4-2/h2-7H2,1H3,(H,9,10);1-4H2,(H,7,8)(H,9,10);3-4H,1-2H2. The summed E-state index contributed by atoms with van der Waals surface area (Å²) in [5.41, 5.74) is 0. The fraction of sp³-hybridized carbons (Fsp3) is 0.611. The van der Waals surface area contributed by atoms with Crippen LogP contribution >= 0.6 is 11.8 Å². The third-order valence-corrected chi connectivity index (χ3v) is 3.59. The van der Waals surface area contributed by atoms with Crippen LogP contribution in [0.1, 0.15) is 58.3 Å². The molecule has 0 saturated heterocycles. The highest BCUT2D eigenvalue weighted by molar-refractivity contribution is 7.99. The second-order valence-corrected chi connectivity index (χ2v) is 6.15. The summed E-state index contributed by atoms with van der Waals surface area (Å²) in [6.45, 7) is 8.66. The zero-order valence-corrected chi connectivity index (χ0v) is 16.3. The van der Waals surface area contributed by atoms with Gasteiger partial charge in [-0.25, -0.2) is 0 Å². The molecule has 0 aliphatic heterocycles. The van der Waals surface area contributed by atoms with Crippen molar-refractivity contribution in [2.45, 2.75) is 58.3 Å². The van der Waals surface area contributed by atoms with Crippen LogP contribution in [0.2, 0.25) is 0 Å². The van der Waals surface area contributed by atoms with Gasteiger partial charge in [0.1, 0.15) is 0 Å². The maximum atomic E-state index is 10.0. The van der Waals surface area contributed by atoms with E-state index in [0.717, 1.165) is 12.8 Å². The molecule has 0 rings (SSSR count). The Kier molecular flexibility index (Phi) is 28.0. The molecular weight excluding hydrogens is 360 g/mol. The van der Waals surface area contributed by atoms with Gasteiger partial charge in [-0.05, 0) is 6.42 Å². The molecule has 0 aromatic heterocycles. The Balaban J connectivity index is -0.000000327. The van der Waals surface area contributed by atoms with Gasteiger partial charge >= 0.3 is 17.9 Å². The fourth-order valence-electron chi connectivity index (χ4n) is 1.37. The molecule has 26 heavy (non-hydrogen) atoms. The molecule has 0 amide bonds. The maximum absolute atomic E-state index is 10.0. The van der Waals surface area contributed by atoms with Crippen molar-refractivity contribution < 1.29 is 34.4 Å². The van der Waals surface area contributed by atoms with E-state index in [1.165, 1.54) is 43.5 Å². The van der Waals surface area contributed by atoms with E-state index in [9.17, 15) is 14.4 Å². The Bertz CT molecular complexity index is 362. The first kappa shape index (κ1) is 28.8. The van der Waals surface area contributed by atoms with Gasteiger partial charge < -0.3 is 20.1 Å².